The maximum absolute atomic E-state index is 5.41. The number of fused-ring (bicyclic) bond motifs is 12. The van der Waals surface area contributed by atoms with Gasteiger partial charge in [0.1, 0.15) is 5.69 Å². The average Bonchev–Trinajstić information content (AvgIpc) is 3.99. The average molecular weight is 762 g/mol. The van der Waals surface area contributed by atoms with E-state index in [9.17, 15) is 0 Å². The van der Waals surface area contributed by atoms with Crippen LogP contribution in [-0.4, -0.2) is 23.7 Å². The largest absolute Gasteiger partial charge is 0.309 e. The summed E-state index contributed by atoms with van der Waals surface area (Å²) < 4.78 is 7.14. The third kappa shape index (κ3) is 5.53. The number of imidazole rings is 1. The van der Waals surface area contributed by atoms with Gasteiger partial charge >= 0.3 is 0 Å². The van der Waals surface area contributed by atoms with Crippen molar-refractivity contribution in [3.05, 3.63) is 188 Å². The molecule has 59 heavy (non-hydrogen) atoms. The van der Waals surface area contributed by atoms with Crippen molar-refractivity contribution < 1.29 is 0 Å². The highest BCUT2D eigenvalue weighted by Gasteiger charge is 2.22. The molecule has 12 rings (SSSR count). The fourth-order valence-electron chi connectivity index (χ4n) is 8.96. The molecular weight excluding hydrogens is 719 g/mol. The molecule has 0 fully saturated rings. The molecule has 0 unspecified atom stereocenters. The number of nitrogens with zero attached hydrogens (tertiary/aromatic N) is 5. The van der Waals surface area contributed by atoms with E-state index in [0.29, 0.717) is 0 Å². The summed E-state index contributed by atoms with van der Waals surface area (Å²) in [7, 11) is 0. The minimum Gasteiger partial charge on any atom is -0.309 e. The van der Waals surface area contributed by atoms with E-state index in [-0.39, 0.29) is 0 Å². The molecule has 0 bridgehead atoms. The Hall–Kier alpha value is -7.50. The van der Waals surface area contributed by atoms with E-state index < -0.39 is 0 Å². The Morgan fingerprint density at radius 3 is 1.42 bits per heavy atom. The Bertz CT molecular complexity index is 3480. The normalized spacial score (nSPS) is 11.4. The second-order valence-electron chi connectivity index (χ2n) is 14.2. The number of para-hydroxylation sites is 3. The predicted molar refractivity (Wildman–Crippen MR) is 251 cm³/mol. The Labute approximate surface area is 343 Å². The van der Waals surface area contributed by atoms with Crippen molar-refractivity contribution in [3.63, 3.8) is 0 Å². The third-order valence-corrected chi connectivity index (χ3v) is 11.3. The van der Waals surface area contributed by atoms with Crippen molar-refractivity contribution in [2.24, 2.45) is 0 Å². The molecule has 0 aliphatic rings. The van der Waals surface area contributed by atoms with Crippen molar-refractivity contribution in [1.29, 1.82) is 0 Å². The minimum absolute atomic E-state index is 0.812. The lowest BCUT2D eigenvalue weighted by atomic mass is 10.00. The van der Waals surface area contributed by atoms with Crippen molar-refractivity contribution in [2.75, 3.05) is 0 Å². The van der Waals surface area contributed by atoms with E-state index in [0.717, 1.165) is 55.9 Å². The molecule has 0 aliphatic heterocycles. The summed E-state index contributed by atoms with van der Waals surface area (Å²) in [5, 5.41) is 9.58. The summed E-state index contributed by atoms with van der Waals surface area (Å²) >= 11 is 0. The van der Waals surface area contributed by atoms with Crippen LogP contribution in [0.5, 0.6) is 0 Å². The zero-order valence-corrected chi connectivity index (χ0v) is 33.6. The lowest BCUT2D eigenvalue weighted by Gasteiger charge is -2.15. The highest BCUT2D eigenvalue weighted by Crippen LogP contribution is 2.42. The van der Waals surface area contributed by atoms with Crippen molar-refractivity contribution in [3.8, 4) is 28.6 Å². The van der Waals surface area contributed by atoms with Gasteiger partial charge in [-0.3, -0.25) is 9.55 Å². The Kier molecular flexibility index (Phi) is 8.99. The number of hydrogen-bond acceptors (Lipinski definition) is 2. The quantitative estimate of drug-likeness (QED) is 0.168. The molecule has 0 aliphatic carbocycles. The maximum Gasteiger partial charge on any atom is 0.164 e. The first-order valence-corrected chi connectivity index (χ1v) is 20.7. The van der Waals surface area contributed by atoms with Crippen LogP contribution in [0.15, 0.2) is 188 Å². The summed E-state index contributed by atoms with van der Waals surface area (Å²) in [6.07, 6.45) is 1.85. The molecule has 0 saturated heterocycles. The number of aromatic nitrogens is 5. The molecule has 5 heteroatoms. The molecular formula is C54H43N5. The van der Waals surface area contributed by atoms with Gasteiger partial charge in [0.2, 0.25) is 0 Å². The predicted octanol–water partition coefficient (Wildman–Crippen LogP) is 14.6. The van der Waals surface area contributed by atoms with Gasteiger partial charge in [-0.2, -0.15) is 0 Å². The van der Waals surface area contributed by atoms with E-state index in [4.69, 9.17) is 9.97 Å². The molecule has 0 N–H and O–H groups in total. The summed E-state index contributed by atoms with van der Waals surface area (Å²) in [6.45, 7) is 8.00. The van der Waals surface area contributed by atoms with Gasteiger partial charge < -0.3 is 9.13 Å². The Balaban J connectivity index is 0.00000102. The molecule has 5 nitrogen and oxygen atoms in total. The van der Waals surface area contributed by atoms with Gasteiger partial charge in [0, 0.05) is 55.6 Å². The fraction of sp³-hybridized carbons (Fsp3) is 0.0741. The SMILES string of the molecule is CC.CC.c1ccc(-n2c3ccccc3c3cc4c(cc32)c2ccccc2n4-c2cccc(-n3c(-c4ccccn4)nc4c5ccccc5c5ccccc5c43)c2)cc1. The van der Waals surface area contributed by atoms with Crippen LogP contribution in [0.2, 0.25) is 0 Å². The summed E-state index contributed by atoms with van der Waals surface area (Å²) in [5.74, 6) is 0.812. The number of hydrogen-bond donors (Lipinski definition) is 0. The van der Waals surface area contributed by atoms with Crippen LogP contribution in [0.1, 0.15) is 27.7 Å². The monoisotopic (exact) mass is 761 g/mol. The molecule has 12 aromatic rings. The van der Waals surface area contributed by atoms with Gasteiger partial charge in [-0.25, -0.2) is 4.98 Å². The van der Waals surface area contributed by atoms with Crippen LogP contribution < -0.4 is 0 Å². The van der Waals surface area contributed by atoms with Gasteiger partial charge in [0.25, 0.3) is 0 Å². The van der Waals surface area contributed by atoms with Crippen LogP contribution in [0.25, 0.3) is 105 Å². The molecule has 0 atom stereocenters. The second-order valence-corrected chi connectivity index (χ2v) is 14.2. The zero-order chi connectivity index (χ0) is 40.0. The minimum atomic E-state index is 0.812. The van der Waals surface area contributed by atoms with E-state index in [1.165, 1.54) is 48.9 Å². The van der Waals surface area contributed by atoms with Crippen molar-refractivity contribution in [1.82, 2.24) is 23.7 Å². The smallest absolute Gasteiger partial charge is 0.164 e. The number of pyridine rings is 1. The Morgan fingerprint density at radius 2 is 0.814 bits per heavy atom. The molecule has 0 spiro atoms. The second kappa shape index (κ2) is 14.8. The third-order valence-electron chi connectivity index (χ3n) is 11.3. The van der Waals surface area contributed by atoms with E-state index in [1.807, 2.05) is 46.0 Å². The van der Waals surface area contributed by atoms with E-state index in [2.05, 4.69) is 184 Å². The van der Waals surface area contributed by atoms with Crippen LogP contribution in [0, 0.1) is 0 Å². The summed E-state index contributed by atoms with van der Waals surface area (Å²) in [5.41, 5.74) is 10.8. The first kappa shape index (κ1) is 35.9. The van der Waals surface area contributed by atoms with Gasteiger partial charge in [-0.1, -0.05) is 143 Å². The van der Waals surface area contributed by atoms with Gasteiger partial charge in [0.05, 0.1) is 33.1 Å². The van der Waals surface area contributed by atoms with Crippen LogP contribution in [0.3, 0.4) is 0 Å². The number of benzene rings is 8. The maximum atomic E-state index is 5.41. The lowest BCUT2D eigenvalue weighted by Crippen LogP contribution is -2.01. The summed E-state index contributed by atoms with van der Waals surface area (Å²) in [6, 6.07) is 65.2. The Morgan fingerprint density at radius 1 is 0.339 bits per heavy atom. The lowest BCUT2D eigenvalue weighted by molar-refractivity contribution is 1.07. The molecule has 0 radical (unpaired) electrons. The zero-order valence-electron chi connectivity index (χ0n) is 33.6. The first-order valence-electron chi connectivity index (χ1n) is 20.7. The highest BCUT2D eigenvalue weighted by molar-refractivity contribution is 6.24. The van der Waals surface area contributed by atoms with Gasteiger partial charge in [0.15, 0.2) is 5.82 Å². The number of rotatable bonds is 4. The van der Waals surface area contributed by atoms with E-state index >= 15 is 0 Å². The fourth-order valence-corrected chi connectivity index (χ4v) is 8.96. The van der Waals surface area contributed by atoms with Crippen LogP contribution in [-0.2, 0) is 0 Å². The molecule has 0 saturated carbocycles. The molecule has 8 aromatic carbocycles. The van der Waals surface area contributed by atoms with Gasteiger partial charge in [-0.05, 0) is 77.5 Å². The highest BCUT2D eigenvalue weighted by atomic mass is 15.1. The van der Waals surface area contributed by atoms with Gasteiger partial charge in [-0.15, -0.1) is 0 Å². The van der Waals surface area contributed by atoms with Crippen LogP contribution in [0.4, 0.5) is 0 Å². The van der Waals surface area contributed by atoms with Crippen molar-refractivity contribution in [2.45, 2.75) is 27.7 Å². The molecule has 284 valence electrons. The molecule has 4 aromatic heterocycles. The topological polar surface area (TPSA) is 40.6 Å². The molecule has 0 amide bonds. The van der Waals surface area contributed by atoms with Crippen molar-refractivity contribution >= 4 is 76.2 Å². The molecule has 4 heterocycles. The first-order chi connectivity index (χ1) is 29.3. The van der Waals surface area contributed by atoms with E-state index in [1.54, 1.807) is 0 Å². The van der Waals surface area contributed by atoms with Crippen LogP contribution >= 0.6 is 0 Å². The standard InChI is InChI=1S/C50H31N5.2C2H6/c1-2-15-32(16-3-1)53-44-26-10-8-21-37(44)41-31-47-42(30-46(41)53)38-22-9-11-27-45(38)54(47)33-17-14-18-34(29-33)55-49-40-24-7-5-20-36(40)35-19-4-6-23-39(35)48(49)52-50(55)43-25-12-13-28-51-43;2*1-2/h1-31H;2*1-2H3. The summed E-state index contributed by atoms with van der Waals surface area (Å²) in [4.78, 5) is 10.2.